The number of rotatable bonds is 8. The molecule has 1 aliphatic heterocycles. The number of nitrogens with one attached hydrogen (secondary N) is 3. The van der Waals surface area contributed by atoms with Crippen LogP contribution in [-0.4, -0.2) is 63.1 Å². The number of carbonyl (C=O) groups excluding carboxylic acids is 1. The summed E-state index contributed by atoms with van der Waals surface area (Å²) in [6, 6.07) is 0.442. The van der Waals surface area contributed by atoms with Gasteiger partial charge in [-0.3, -0.25) is 14.7 Å². The van der Waals surface area contributed by atoms with Crippen molar-refractivity contribution in [3.63, 3.8) is 0 Å². The number of guanidine groups is 1. The molecule has 0 aromatic heterocycles. The van der Waals surface area contributed by atoms with Gasteiger partial charge in [0.1, 0.15) is 0 Å². The van der Waals surface area contributed by atoms with Gasteiger partial charge in [0.15, 0.2) is 5.96 Å². The molecule has 1 fully saturated rings. The Bertz CT molecular complexity index is 368. The molecule has 3 N–H and O–H groups in total. The molecule has 6 nitrogen and oxygen atoms in total. The smallest absolute Gasteiger partial charge is 0.233 e. The molecule has 1 heterocycles. The molecule has 0 aromatic carbocycles. The fourth-order valence-corrected chi connectivity index (χ4v) is 2.79. The molecule has 0 atom stereocenters. The van der Waals surface area contributed by atoms with Crippen molar-refractivity contribution in [2.75, 3.05) is 40.3 Å². The zero-order valence-corrected chi connectivity index (χ0v) is 18.1. The van der Waals surface area contributed by atoms with Gasteiger partial charge < -0.3 is 16.0 Å². The first kappa shape index (κ1) is 23.4. The van der Waals surface area contributed by atoms with Crippen molar-refractivity contribution < 1.29 is 4.79 Å². The Balaban J connectivity index is 0.00000529. The molecule has 1 rings (SSSR count). The average Bonchev–Trinajstić information content (AvgIpc) is 2.54. The number of amides is 1. The van der Waals surface area contributed by atoms with Gasteiger partial charge in [0, 0.05) is 39.8 Å². The number of piperidine rings is 1. The lowest BCUT2D eigenvalue weighted by Crippen LogP contribution is -2.50. The first-order valence-corrected chi connectivity index (χ1v) is 8.95. The van der Waals surface area contributed by atoms with E-state index in [9.17, 15) is 4.79 Å². The molecule has 0 saturated carbocycles. The van der Waals surface area contributed by atoms with E-state index in [4.69, 9.17) is 0 Å². The van der Waals surface area contributed by atoms with E-state index in [0.717, 1.165) is 44.4 Å². The van der Waals surface area contributed by atoms with Crippen molar-refractivity contribution in [3.8, 4) is 0 Å². The zero-order valence-electron chi connectivity index (χ0n) is 15.7. The lowest BCUT2D eigenvalue weighted by Gasteiger charge is -2.32. The third-order valence-corrected chi connectivity index (χ3v) is 4.30. The van der Waals surface area contributed by atoms with Gasteiger partial charge in [0.25, 0.3) is 0 Å². The minimum atomic E-state index is 0. The van der Waals surface area contributed by atoms with Gasteiger partial charge in [-0.1, -0.05) is 26.7 Å². The highest BCUT2D eigenvalue weighted by atomic mass is 127. The van der Waals surface area contributed by atoms with Gasteiger partial charge in [-0.05, 0) is 25.2 Å². The second-order valence-corrected chi connectivity index (χ2v) is 6.76. The van der Waals surface area contributed by atoms with E-state index in [1.165, 1.54) is 19.3 Å². The van der Waals surface area contributed by atoms with Crippen LogP contribution < -0.4 is 16.0 Å². The predicted octanol–water partition coefficient (Wildman–Crippen LogP) is 1.81. The second kappa shape index (κ2) is 13.7. The van der Waals surface area contributed by atoms with Gasteiger partial charge in [0.05, 0.1) is 6.54 Å². The predicted molar refractivity (Wildman–Crippen MR) is 112 cm³/mol. The monoisotopic (exact) mass is 453 g/mol. The minimum Gasteiger partial charge on any atom is -0.358 e. The molecule has 1 amide bonds. The van der Waals surface area contributed by atoms with Crippen LogP contribution in [0.4, 0.5) is 0 Å². The van der Waals surface area contributed by atoms with Crippen molar-refractivity contribution in [1.82, 2.24) is 20.9 Å². The lowest BCUT2D eigenvalue weighted by molar-refractivity contribution is -0.122. The number of hydrogen-bond donors (Lipinski definition) is 3. The highest BCUT2D eigenvalue weighted by molar-refractivity contribution is 14.0. The van der Waals surface area contributed by atoms with Crippen LogP contribution in [0.3, 0.4) is 0 Å². The van der Waals surface area contributed by atoms with Crippen molar-refractivity contribution in [3.05, 3.63) is 0 Å². The quantitative estimate of drug-likeness (QED) is 0.227. The van der Waals surface area contributed by atoms with Crippen molar-refractivity contribution in [2.24, 2.45) is 10.9 Å². The maximum Gasteiger partial charge on any atom is 0.233 e. The number of hydrogen-bond acceptors (Lipinski definition) is 3. The number of nitrogens with zero attached hydrogens (tertiary/aromatic N) is 2. The van der Waals surface area contributed by atoms with Gasteiger partial charge >= 0.3 is 0 Å². The third kappa shape index (κ3) is 10.3. The SMILES string of the molecule is CN=C(NCCCCC(C)C)NC1CCN(CC(=O)NC)CC1.I. The number of aliphatic imine (C=N–C) groups is 1. The van der Waals surface area contributed by atoms with Crippen molar-refractivity contribution in [2.45, 2.75) is 52.0 Å². The Kier molecular flexibility index (Phi) is 13.4. The van der Waals surface area contributed by atoms with Crippen LogP contribution in [0.15, 0.2) is 4.99 Å². The van der Waals surface area contributed by atoms with Crippen LogP contribution in [0.5, 0.6) is 0 Å². The fraction of sp³-hybridized carbons (Fsp3) is 0.882. The molecule has 1 aliphatic rings. The van der Waals surface area contributed by atoms with Crippen LogP contribution >= 0.6 is 24.0 Å². The summed E-state index contributed by atoms with van der Waals surface area (Å²) in [7, 11) is 3.51. The maximum absolute atomic E-state index is 11.4. The Morgan fingerprint density at radius 3 is 2.46 bits per heavy atom. The Labute approximate surface area is 164 Å². The molecule has 0 spiro atoms. The van der Waals surface area contributed by atoms with E-state index >= 15 is 0 Å². The van der Waals surface area contributed by atoms with Crippen LogP contribution in [0.2, 0.25) is 0 Å². The molecule has 0 bridgehead atoms. The third-order valence-electron chi connectivity index (χ3n) is 4.30. The molecule has 142 valence electrons. The molecule has 1 saturated heterocycles. The summed E-state index contributed by atoms with van der Waals surface area (Å²) in [4.78, 5) is 17.9. The summed E-state index contributed by atoms with van der Waals surface area (Å²) < 4.78 is 0. The number of likely N-dealkylation sites (tertiary alicyclic amines) is 1. The van der Waals surface area contributed by atoms with Gasteiger partial charge in [-0.25, -0.2) is 0 Å². The van der Waals surface area contributed by atoms with Crippen LogP contribution in [0.1, 0.15) is 46.0 Å². The lowest BCUT2D eigenvalue weighted by atomic mass is 10.1. The Hall–Kier alpha value is -0.570. The summed E-state index contributed by atoms with van der Waals surface area (Å²) in [5.41, 5.74) is 0. The van der Waals surface area contributed by atoms with E-state index < -0.39 is 0 Å². The van der Waals surface area contributed by atoms with E-state index in [0.29, 0.717) is 12.6 Å². The fourth-order valence-electron chi connectivity index (χ4n) is 2.79. The molecule has 0 aromatic rings. The summed E-state index contributed by atoms with van der Waals surface area (Å²) in [6.07, 6.45) is 5.83. The van der Waals surface area contributed by atoms with Gasteiger partial charge in [-0.15, -0.1) is 24.0 Å². The summed E-state index contributed by atoms with van der Waals surface area (Å²) >= 11 is 0. The standard InChI is InChI=1S/C17H35N5O.HI/c1-14(2)7-5-6-10-20-17(19-4)21-15-8-11-22(12-9-15)13-16(23)18-3;/h14-15H,5-13H2,1-4H3,(H,18,23)(H2,19,20,21);1H. The van der Waals surface area contributed by atoms with E-state index in [-0.39, 0.29) is 29.9 Å². The zero-order chi connectivity index (χ0) is 17.1. The molecular formula is C17H36IN5O. The largest absolute Gasteiger partial charge is 0.358 e. The van der Waals surface area contributed by atoms with E-state index in [1.54, 1.807) is 7.05 Å². The van der Waals surface area contributed by atoms with Crippen LogP contribution in [0, 0.1) is 5.92 Å². The minimum absolute atomic E-state index is 0. The van der Waals surface area contributed by atoms with E-state index in [1.807, 2.05) is 7.05 Å². The second-order valence-electron chi connectivity index (χ2n) is 6.76. The highest BCUT2D eigenvalue weighted by Crippen LogP contribution is 2.10. The van der Waals surface area contributed by atoms with Gasteiger partial charge in [-0.2, -0.15) is 0 Å². The summed E-state index contributed by atoms with van der Waals surface area (Å²) in [5.74, 6) is 1.78. The maximum atomic E-state index is 11.4. The van der Waals surface area contributed by atoms with Crippen molar-refractivity contribution >= 4 is 35.8 Å². The Morgan fingerprint density at radius 2 is 1.92 bits per heavy atom. The molecule has 0 radical (unpaired) electrons. The highest BCUT2D eigenvalue weighted by Gasteiger charge is 2.21. The number of likely N-dealkylation sites (N-methyl/N-ethyl adjacent to an activating group) is 1. The molecule has 7 heteroatoms. The van der Waals surface area contributed by atoms with E-state index in [2.05, 4.69) is 39.7 Å². The first-order chi connectivity index (χ1) is 11.0. The summed E-state index contributed by atoms with van der Waals surface area (Å²) in [6.45, 7) is 7.93. The number of carbonyl (C=O) groups is 1. The van der Waals surface area contributed by atoms with Crippen molar-refractivity contribution in [1.29, 1.82) is 0 Å². The number of halogens is 1. The first-order valence-electron chi connectivity index (χ1n) is 8.95. The van der Waals surface area contributed by atoms with Gasteiger partial charge in [0.2, 0.25) is 5.91 Å². The van der Waals surface area contributed by atoms with Crippen LogP contribution in [-0.2, 0) is 4.79 Å². The molecule has 0 unspecified atom stereocenters. The average molecular weight is 453 g/mol. The normalized spacial score (nSPS) is 16.6. The Morgan fingerprint density at radius 1 is 1.25 bits per heavy atom. The number of unbranched alkanes of at least 4 members (excludes halogenated alkanes) is 1. The molecule has 0 aliphatic carbocycles. The topological polar surface area (TPSA) is 68.8 Å². The summed E-state index contributed by atoms with van der Waals surface area (Å²) in [5, 5.41) is 9.59. The molecule has 24 heavy (non-hydrogen) atoms. The molecular weight excluding hydrogens is 417 g/mol. The van der Waals surface area contributed by atoms with Crippen LogP contribution in [0.25, 0.3) is 0 Å².